The number of nitrogens with zero attached hydrogens (tertiary/aromatic N) is 5. The molecule has 0 aromatic carbocycles. The van der Waals surface area contributed by atoms with E-state index in [1.807, 2.05) is 41.2 Å². The molecule has 1 aliphatic rings. The molecule has 0 saturated carbocycles. The lowest BCUT2D eigenvalue weighted by Gasteiger charge is -2.28. The van der Waals surface area contributed by atoms with Gasteiger partial charge in [-0.3, -0.25) is 19.4 Å². The Balaban J connectivity index is 1.64. The topological polar surface area (TPSA) is 54.3 Å². The lowest BCUT2D eigenvalue weighted by Crippen LogP contribution is -2.39. The van der Waals surface area contributed by atoms with E-state index in [0.29, 0.717) is 0 Å². The van der Waals surface area contributed by atoms with Gasteiger partial charge in [0.05, 0.1) is 12.1 Å². The lowest BCUT2D eigenvalue weighted by molar-refractivity contribution is -0.133. The van der Waals surface area contributed by atoms with Gasteiger partial charge in [-0.1, -0.05) is 19.9 Å². The predicted molar refractivity (Wildman–Crippen MR) is 101 cm³/mol. The Morgan fingerprint density at radius 3 is 2.69 bits per heavy atom. The molecule has 1 saturated heterocycles. The fourth-order valence-corrected chi connectivity index (χ4v) is 3.73. The first-order chi connectivity index (χ1) is 12.5. The minimum Gasteiger partial charge on any atom is -0.341 e. The van der Waals surface area contributed by atoms with Crippen molar-refractivity contribution in [1.82, 2.24) is 24.6 Å². The molecule has 26 heavy (non-hydrogen) atoms. The second kappa shape index (κ2) is 8.45. The van der Waals surface area contributed by atoms with Crippen LogP contribution in [0.25, 0.3) is 0 Å². The molecule has 0 bridgehead atoms. The summed E-state index contributed by atoms with van der Waals surface area (Å²) in [5.41, 5.74) is 2.24. The van der Waals surface area contributed by atoms with Crippen LogP contribution >= 0.6 is 0 Å². The van der Waals surface area contributed by atoms with Gasteiger partial charge < -0.3 is 4.90 Å². The van der Waals surface area contributed by atoms with Crippen molar-refractivity contribution in [2.24, 2.45) is 13.0 Å². The molecule has 1 aliphatic heterocycles. The number of hydrogen-bond acceptors (Lipinski definition) is 4. The van der Waals surface area contributed by atoms with Gasteiger partial charge in [0.1, 0.15) is 0 Å². The van der Waals surface area contributed by atoms with Crippen molar-refractivity contribution in [3.05, 3.63) is 48.0 Å². The Morgan fingerprint density at radius 2 is 2.04 bits per heavy atom. The van der Waals surface area contributed by atoms with Crippen LogP contribution in [-0.4, -0.2) is 56.7 Å². The third kappa shape index (κ3) is 4.49. The van der Waals surface area contributed by atoms with E-state index in [4.69, 9.17) is 0 Å². The maximum atomic E-state index is 13.2. The van der Waals surface area contributed by atoms with E-state index < -0.39 is 0 Å². The van der Waals surface area contributed by atoms with Crippen LogP contribution in [0.1, 0.15) is 37.3 Å². The Labute approximate surface area is 155 Å². The van der Waals surface area contributed by atoms with Gasteiger partial charge in [-0.2, -0.15) is 5.10 Å². The van der Waals surface area contributed by atoms with Gasteiger partial charge in [0.2, 0.25) is 5.91 Å². The van der Waals surface area contributed by atoms with Crippen molar-refractivity contribution >= 4 is 5.91 Å². The monoisotopic (exact) mass is 355 g/mol. The molecule has 1 unspecified atom stereocenters. The van der Waals surface area contributed by atoms with E-state index in [9.17, 15) is 4.79 Å². The number of amides is 1. The maximum absolute atomic E-state index is 13.2. The number of rotatable bonds is 5. The second-order valence-electron chi connectivity index (χ2n) is 7.49. The zero-order valence-corrected chi connectivity index (χ0v) is 16.0. The van der Waals surface area contributed by atoms with Crippen LogP contribution in [0.2, 0.25) is 0 Å². The van der Waals surface area contributed by atoms with Gasteiger partial charge in [-0.25, -0.2) is 0 Å². The van der Waals surface area contributed by atoms with E-state index in [1.165, 1.54) is 5.56 Å². The predicted octanol–water partition coefficient (Wildman–Crippen LogP) is 2.29. The number of carbonyl (C=O) groups is 1. The largest absolute Gasteiger partial charge is 0.341 e. The summed E-state index contributed by atoms with van der Waals surface area (Å²) in [5, 5.41) is 4.24. The average Bonchev–Trinajstić information content (AvgIpc) is 2.89. The second-order valence-corrected chi connectivity index (χ2v) is 7.49. The standard InChI is InChI=1S/C20H29N5O/c1-16(2)19(18-6-4-7-21-13-18)20(26)25-9-5-8-24(10-11-25)15-17-12-22-23(3)14-17/h4,6-7,12-14,16,19H,5,8-11,15H2,1-3H3. The fraction of sp³-hybridized carbons (Fsp3) is 0.550. The van der Waals surface area contributed by atoms with Crippen LogP contribution in [0, 0.1) is 5.92 Å². The summed E-state index contributed by atoms with van der Waals surface area (Å²) >= 11 is 0. The molecule has 1 atom stereocenters. The van der Waals surface area contributed by atoms with Gasteiger partial charge in [-0.15, -0.1) is 0 Å². The normalized spacial score (nSPS) is 17.3. The summed E-state index contributed by atoms with van der Waals surface area (Å²) in [4.78, 5) is 21.9. The van der Waals surface area contributed by atoms with Crippen molar-refractivity contribution in [3.63, 3.8) is 0 Å². The van der Waals surface area contributed by atoms with Crippen molar-refractivity contribution in [2.45, 2.75) is 32.7 Å². The summed E-state index contributed by atoms with van der Waals surface area (Å²) in [7, 11) is 1.94. The zero-order chi connectivity index (χ0) is 18.5. The fourth-order valence-electron chi connectivity index (χ4n) is 3.73. The number of carbonyl (C=O) groups excluding carboxylic acids is 1. The SMILES string of the molecule is CC(C)C(C(=O)N1CCCN(Cc2cnn(C)c2)CC1)c1cccnc1. The van der Waals surface area contributed by atoms with Crippen molar-refractivity contribution < 1.29 is 4.79 Å². The molecule has 6 nitrogen and oxygen atoms in total. The van der Waals surface area contributed by atoms with E-state index in [2.05, 4.69) is 35.0 Å². The summed E-state index contributed by atoms with van der Waals surface area (Å²) < 4.78 is 1.84. The molecule has 3 heterocycles. The van der Waals surface area contributed by atoms with Crippen LogP contribution in [0.15, 0.2) is 36.9 Å². The van der Waals surface area contributed by atoms with Gasteiger partial charge >= 0.3 is 0 Å². The van der Waals surface area contributed by atoms with Gasteiger partial charge in [-0.05, 0) is 24.0 Å². The Hall–Kier alpha value is -2.21. The molecular weight excluding hydrogens is 326 g/mol. The minimum absolute atomic E-state index is 0.117. The average molecular weight is 355 g/mol. The molecular formula is C20H29N5O. The van der Waals surface area contributed by atoms with Gasteiger partial charge in [0.25, 0.3) is 0 Å². The Kier molecular flexibility index (Phi) is 6.04. The molecule has 2 aromatic rings. The van der Waals surface area contributed by atoms with E-state index >= 15 is 0 Å². The van der Waals surface area contributed by atoms with Gasteiger partial charge in [0, 0.05) is 63.9 Å². The van der Waals surface area contributed by atoms with Crippen molar-refractivity contribution in [1.29, 1.82) is 0 Å². The molecule has 0 N–H and O–H groups in total. The molecule has 0 aliphatic carbocycles. The highest BCUT2D eigenvalue weighted by Gasteiger charge is 2.30. The summed E-state index contributed by atoms with van der Waals surface area (Å²) in [6.07, 6.45) is 8.57. The highest BCUT2D eigenvalue weighted by Crippen LogP contribution is 2.26. The summed E-state index contributed by atoms with van der Waals surface area (Å²) in [6.45, 7) is 8.64. The minimum atomic E-state index is -0.117. The number of pyridine rings is 1. The summed E-state index contributed by atoms with van der Waals surface area (Å²) in [6, 6.07) is 3.93. The van der Waals surface area contributed by atoms with Gasteiger partial charge in [0.15, 0.2) is 0 Å². The third-order valence-electron chi connectivity index (χ3n) is 5.04. The van der Waals surface area contributed by atoms with Crippen molar-refractivity contribution in [3.8, 4) is 0 Å². The quantitative estimate of drug-likeness (QED) is 0.826. The van der Waals surface area contributed by atoms with Crippen LogP contribution in [0.3, 0.4) is 0 Å². The highest BCUT2D eigenvalue weighted by molar-refractivity contribution is 5.84. The Morgan fingerprint density at radius 1 is 1.19 bits per heavy atom. The van der Waals surface area contributed by atoms with E-state index in [1.54, 1.807) is 6.20 Å². The molecule has 2 aromatic heterocycles. The molecule has 0 radical (unpaired) electrons. The first kappa shape index (κ1) is 18.6. The van der Waals surface area contributed by atoms with Crippen LogP contribution in [-0.2, 0) is 18.4 Å². The van der Waals surface area contributed by atoms with Crippen LogP contribution < -0.4 is 0 Å². The molecule has 6 heteroatoms. The smallest absolute Gasteiger partial charge is 0.230 e. The van der Waals surface area contributed by atoms with Crippen molar-refractivity contribution in [2.75, 3.05) is 26.2 Å². The lowest BCUT2D eigenvalue weighted by atomic mass is 9.88. The number of aromatic nitrogens is 3. The van der Waals surface area contributed by atoms with Crippen LogP contribution in [0.5, 0.6) is 0 Å². The van der Waals surface area contributed by atoms with E-state index in [-0.39, 0.29) is 17.7 Å². The molecule has 0 spiro atoms. The molecule has 1 fully saturated rings. The highest BCUT2D eigenvalue weighted by atomic mass is 16.2. The Bertz CT molecular complexity index is 712. The van der Waals surface area contributed by atoms with Crippen LogP contribution in [0.4, 0.5) is 0 Å². The molecule has 3 rings (SSSR count). The summed E-state index contributed by atoms with van der Waals surface area (Å²) in [5.74, 6) is 0.367. The molecule has 140 valence electrons. The number of aryl methyl sites for hydroxylation is 1. The first-order valence-electron chi connectivity index (χ1n) is 9.43. The zero-order valence-electron chi connectivity index (χ0n) is 16.0. The van der Waals surface area contributed by atoms with E-state index in [0.717, 1.165) is 44.7 Å². The third-order valence-corrected chi connectivity index (χ3v) is 5.04. The number of hydrogen-bond donors (Lipinski definition) is 0. The maximum Gasteiger partial charge on any atom is 0.230 e. The molecule has 1 amide bonds. The first-order valence-corrected chi connectivity index (χ1v) is 9.43.